The first-order valence-electron chi connectivity index (χ1n) is 11.0. The molecule has 2 saturated carbocycles. The Morgan fingerprint density at radius 3 is 2.50 bits per heavy atom. The lowest BCUT2D eigenvalue weighted by atomic mass is 9.98. The Balaban J connectivity index is 1.28. The van der Waals surface area contributed by atoms with Crippen LogP contribution in [0.3, 0.4) is 0 Å². The SMILES string of the molecule is O=C(O)c1ccc(C2(NC(=O)[C@H]3CC4C[C@H]4N3CC3=CC(C(F)(F)F)=CCC3)CC2)cc1. The smallest absolute Gasteiger partial charge is 0.416 e. The summed E-state index contributed by atoms with van der Waals surface area (Å²) in [7, 11) is 0. The number of carbonyl (C=O) groups excluding carboxylic acids is 1. The molecule has 1 unspecified atom stereocenters. The van der Waals surface area contributed by atoms with E-state index in [9.17, 15) is 22.8 Å². The molecular weight excluding hydrogens is 421 g/mol. The number of aromatic carboxylic acids is 1. The monoisotopic (exact) mass is 446 g/mol. The quantitative estimate of drug-likeness (QED) is 0.689. The Hall–Kier alpha value is -2.61. The third kappa shape index (κ3) is 3.96. The molecule has 1 aromatic rings. The van der Waals surface area contributed by atoms with Gasteiger partial charge in [0.25, 0.3) is 0 Å². The molecule has 2 N–H and O–H groups in total. The van der Waals surface area contributed by atoms with Crippen molar-refractivity contribution in [2.24, 2.45) is 5.92 Å². The van der Waals surface area contributed by atoms with Gasteiger partial charge in [0.2, 0.25) is 5.91 Å². The average Bonchev–Trinajstić information content (AvgIpc) is 3.67. The number of alkyl halides is 3. The van der Waals surface area contributed by atoms with E-state index in [0.29, 0.717) is 25.3 Å². The Bertz CT molecular complexity index is 1010. The van der Waals surface area contributed by atoms with Crippen LogP contribution in [-0.2, 0) is 10.3 Å². The molecular formula is C24H25F3N2O3. The lowest BCUT2D eigenvalue weighted by Gasteiger charge is -2.30. The fourth-order valence-electron chi connectivity index (χ4n) is 5.21. The third-order valence-electron chi connectivity index (χ3n) is 7.24. The summed E-state index contributed by atoms with van der Waals surface area (Å²) in [5, 5.41) is 12.3. The first-order valence-corrected chi connectivity index (χ1v) is 11.0. The van der Waals surface area contributed by atoms with E-state index >= 15 is 0 Å². The Morgan fingerprint density at radius 1 is 1.16 bits per heavy atom. The third-order valence-corrected chi connectivity index (χ3v) is 7.24. The summed E-state index contributed by atoms with van der Waals surface area (Å²) in [4.78, 5) is 26.4. The average molecular weight is 446 g/mol. The maximum Gasteiger partial charge on any atom is 0.416 e. The number of hydrogen-bond acceptors (Lipinski definition) is 3. The van der Waals surface area contributed by atoms with E-state index in [2.05, 4.69) is 10.2 Å². The molecule has 1 saturated heterocycles. The van der Waals surface area contributed by atoms with E-state index in [1.807, 2.05) is 0 Å². The van der Waals surface area contributed by atoms with Crippen LogP contribution in [0.1, 0.15) is 54.4 Å². The normalized spacial score (nSPS) is 28.4. The van der Waals surface area contributed by atoms with Crippen LogP contribution >= 0.6 is 0 Å². The van der Waals surface area contributed by atoms with Crippen LogP contribution in [0.25, 0.3) is 0 Å². The van der Waals surface area contributed by atoms with E-state index in [1.165, 1.54) is 12.2 Å². The van der Waals surface area contributed by atoms with Crippen LogP contribution in [0.2, 0.25) is 0 Å². The molecule has 8 heteroatoms. The zero-order chi connectivity index (χ0) is 22.7. The van der Waals surface area contributed by atoms with Crippen LogP contribution < -0.4 is 5.32 Å². The predicted molar refractivity (Wildman–Crippen MR) is 111 cm³/mol. The van der Waals surface area contributed by atoms with Crippen molar-refractivity contribution in [3.63, 3.8) is 0 Å². The van der Waals surface area contributed by atoms with Gasteiger partial charge in [-0.15, -0.1) is 0 Å². The zero-order valence-electron chi connectivity index (χ0n) is 17.5. The molecule has 3 aliphatic carbocycles. The van der Waals surface area contributed by atoms with Gasteiger partial charge >= 0.3 is 12.1 Å². The second kappa shape index (κ2) is 7.47. The molecule has 1 amide bonds. The standard InChI is InChI=1S/C24H25F3N2O3/c25-24(26,27)18-3-1-2-14(10-18)13-29-19-11-16(19)12-20(29)21(30)28-23(8-9-23)17-6-4-15(5-7-17)22(31)32/h3-7,10,16,19-20H,1-2,8-9,11-13H2,(H,28,30)(H,31,32)/t16?,19-,20-/m1/s1. The van der Waals surface area contributed by atoms with Gasteiger partial charge in [-0.25, -0.2) is 4.79 Å². The Labute approximate surface area is 184 Å². The largest absolute Gasteiger partial charge is 0.478 e. The molecule has 32 heavy (non-hydrogen) atoms. The van der Waals surface area contributed by atoms with Crippen LogP contribution in [0.5, 0.6) is 0 Å². The van der Waals surface area contributed by atoms with Crippen molar-refractivity contribution in [1.82, 2.24) is 10.2 Å². The molecule has 0 bridgehead atoms. The van der Waals surface area contributed by atoms with Gasteiger partial charge in [0.05, 0.1) is 22.7 Å². The summed E-state index contributed by atoms with van der Waals surface area (Å²) < 4.78 is 39.4. The van der Waals surface area contributed by atoms with Crippen molar-refractivity contribution >= 4 is 11.9 Å². The highest BCUT2D eigenvalue weighted by Crippen LogP contribution is 2.50. The molecule has 5 rings (SSSR count). The maximum atomic E-state index is 13.2. The second-order valence-electron chi connectivity index (χ2n) is 9.44. The Kier molecular flexibility index (Phi) is 4.96. The van der Waals surface area contributed by atoms with Gasteiger partial charge in [-0.3, -0.25) is 9.69 Å². The minimum Gasteiger partial charge on any atom is -0.478 e. The van der Waals surface area contributed by atoms with E-state index in [-0.39, 0.29) is 23.6 Å². The number of carboxylic acids is 1. The van der Waals surface area contributed by atoms with Gasteiger partial charge in [0, 0.05) is 12.6 Å². The molecule has 4 aliphatic rings. The first kappa shape index (κ1) is 21.2. The summed E-state index contributed by atoms with van der Waals surface area (Å²) in [6, 6.07) is 6.52. The summed E-state index contributed by atoms with van der Waals surface area (Å²) in [6.07, 6.45) is 2.41. The number of nitrogens with one attached hydrogen (secondary N) is 1. The number of carbonyl (C=O) groups is 2. The van der Waals surface area contributed by atoms with Crippen LogP contribution in [0, 0.1) is 5.92 Å². The highest BCUT2D eigenvalue weighted by Gasteiger charge is 2.56. The topological polar surface area (TPSA) is 69.6 Å². The molecule has 170 valence electrons. The summed E-state index contributed by atoms with van der Waals surface area (Å²) in [6.45, 7) is 0.396. The second-order valence-corrected chi connectivity index (χ2v) is 9.44. The summed E-state index contributed by atoms with van der Waals surface area (Å²) in [5.74, 6) is -0.635. The van der Waals surface area contributed by atoms with Crippen LogP contribution in [0.15, 0.2) is 47.6 Å². The minimum absolute atomic E-state index is 0.0833. The lowest BCUT2D eigenvalue weighted by molar-refractivity contribution is -0.127. The van der Waals surface area contributed by atoms with Gasteiger partial charge in [0.1, 0.15) is 0 Å². The summed E-state index contributed by atoms with van der Waals surface area (Å²) >= 11 is 0. The molecule has 1 aliphatic heterocycles. The molecule has 3 atom stereocenters. The van der Waals surface area contributed by atoms with E-state index in [1.54, 1.807) is 24.3 Å². The molecule has 1 heterocycles. The molecule has 3 fully saturated rings. The number of piperidine rings is 1. The fourth-order valence-corrected chi connectivity index (χ4v) is 5.21. The maximum absolute atomic E-state index is 13.2. The number of fused-ring (bicyclic) bond motifs is 1. The van der Waals surface area contributed by atoms with Gasteiger partial charge < -0.3 is 10.4 Å². The number of halogens is 3. The molecule has 0 aromatic heterocycles. The number of likely N-dealkylation sites (tertiary alicyclic amines) is 1. The minimum atomic E-state index is -4.34. The number of allylic oxidation sites excluding steroid dienone is 3. The number of nitrogens with zero attached hydrogens (tertiary/aromatic N) is 1. The van der Waals surface area contributed by atoms with Crippen molar-refractivity contribution < 1.29 is 27.9 Å². The van der Waals surface area contributed by atoms with Gasteiger partial charge in [-0.05, 0) is 68.2 Å². The van der Waals surface area contributed by atoms with Gasteiger partial charge in [-0.2, -0.15) is 13.2 Å². The zero-order valence-corrected chi connectivity index (χ0v) is 17.5. The number of amides is 1. The van der Waals surface area contributed by atoms with Crippen LogP contribution in [-0.4, -0.2) is 46.7 Å². The number of hydrogen-bond donors (Lipinski definition) is 2. The van der Waals surface area contributed by atoms with Gasteiger partial charge in [0.15, 0.2) is 0 Å². The molecule has 1 aromatic carbocycles. The number of benzene rings is 1. The molecule has 5 nitrogen and oxygen atoms in total. The van der Waals surface area contributed by atoms with E-state index in [4.69, 9.17) is 5.11 Å². The fraction of sp³-hybridized carbons (Fsp3) is 0.500. The van der Waals surface area contributed by atoms with E-state index in [0.717, 1.165) is 36.8 Å². The summed E-state index contributed by atoms with van der Waals surface area (Å²) in [5.41, 5.74) is 0.762. The van der Waals surface area contributed by atoms with Crippen molar-refractivity contribution in [3.05, 3.63) is 58.7 Å². The number of carboxylic acid groups (broad SMARTS) is 1. The first-order chi connectivity index (χ1) is 15.2. The predicted octanol–water partition coefficient (Wildman–Crippen LogP) is 4.16. The van der Waals surface area contributed by atoms with Crippen molar-refractivity contribution in [3.8, 4) is 0 Å². The van der Waals surface area contributed by atoms with Crippen molar-refractivity contribution in [1.29, 1.82) is 0 Å². The number of rotatable bonds is 6. The van der Waals surface area contributed by atoms with Crippen molar-refractivity contribution in [2.45, 2.75) is 62.3 Å². The highest BCUT2D eigenvalue weighted by molar-refractivity contribution is 5.87. The molecule has 0 spiro atoms. The van der Waals surface area contributed by atoms with Crippen molar-refractivity contribution in [2.75, 3.05) is 6.54 Å². The highest BCUT2D eigenvalue weighted by atomic mass is 19.4. The van der Waals surface area contributed by atoms with Gasteiger partial charge in [-0.1, -0.05) is 23.8 Å². The molecule has 0 radical (unpaired) electrons. The lowest BCUT2D eigenvalue weighted by Crippen LogP contribution is -2.49. The van der Waals surface area contributed by atoms with Crippen LogP contribution in [0.4, 0.5) is 13.2 Å². The Morgan fingerprint density at radius 2 is 1.88 bits per heavy atom. The van der Waals surface area contributed by atoms with E-state index < -0.39 is 23.3 Å².